The van der Waals surface area contributed by atoms with E-state index in [-0.39, 0.29) is 34.7 Å². The first-order valence-corrected chi connectivity index (χ1v) is 16.2. The topological polar surface area (TPSA) is 24.7 Å². The third-order valence-corrected chi connectivity index (χ3v) is 9.00. The van der Waals surface area contributed by atoms with Gasteiger partial charge >= 0.3 is 0 Å². The number of rotatable bonds is 4. The van der Waals surface area contributed by atoms with Crippen LogP contribution in [-0.4, -0.2) is 11.4 Å². The van der Waals surface area contributed by atoms with E-state index in [0.29, 0.717) is 0 Å². The third kappa shape index (κ3) is 6.58. The van der Waals surface area contributed by atoms with Crippen molar-refractivity contribution in [2.45, 2.75) is 52.4 Å². The van der Waals surface area contributed by atoms with Gasteiger partial charge in [-0.2, -0.15) is 0 Å². The summed E-state index contributed by atoms with van der Waals surface area (Å²) < 4.78 is 0. The van der Waals surface area contributed by atoms with Crippen molar-refractivity contribution >= 4 is 33.6 Å². The van der Waals surface area contributed by atoms with Crippen molar-refractivity contribution < 1.29 is 16.5 Å². The molecule has 0 amide bonds. The van der Waals surface area contributed by atoms with Gasteiger partial charge in [0.1, 0.15) is 0 Å². The molecule has 7 rings (SSSR count). The molecular formula is C45H43N2Ni-. The maximum absolute atomic E-state index is 5.52. The fraction of sp³-hybridized carbons (Fsp3) is 0.178. The Balaban J connectivity index is 0.00000225. The van der Waals surface area contributed by atoms with E-state index in [1.807, 2.05) is 0 Å². The Kier molecular flexibility index (Phi) is 9.77. The molecule has 6 aromatic rings. The van der Waals surface area contributed by atoms with Crippen molar-refractivity contribution in [3.05, 3.63) is 163 Å². The second kappa shape index (κ2) is 13.5. The van der Waals surface area contributed by atoms with E-state index in [4.69, 9.17) is 9.98 Å². The zero-order valence-electron chi connectivity index (χ0n) is 28.9. The number of hydrogen-bond donors (Lipinski definition) is 0. The average Bonchev–Trinajstić information content (AvgIpc) is 3.34. The van der Waals surface area contributed by atoms with Gasteiger partial charge in [0, 0.05) is 44.1 Å². The summed E-state index contributed by atoms with van der Waals surface area (Å²) in [6.07, 6.45) is 0. The predicted molar refractivity (Wildman–Crippen MR) is 204 cm³/mol. The van der Waals surface area contributed by atoms with Crippen LogP contribution in [0.15, 0.2) is 143 Å². The van der Waals surface area contributed by atoms with Gasteiger partial charge in [-0.25, -0.2) is 9.98 Å². The number of hydrogen-bond acceptors (Lipinski definition) is 2. The second-order valence-corrected chi connectivity index (χ2v) is 14.3. The Labute approximate surface area is 296 Å². The van der Waals surface area contributed by atoms with Gasteiger partial charge in [-0.15, -0.1) is 0 Å². The van der Waals surface area contributed by atoms with Crippen LogP contribution in [0, 0.1) is 7.43 Å². The Morgan fingerprint density at radius 1 is 0.417 bits per heavy atom. The molecule has 48 heavy (non-hydrogen) atoms. The average molecular weight is 671 g/mol. The predicted octanol–water partition coefficient (Wildman–Crippen LogP) is 12.5. The van der Waals surface area contributed by atoms with Crippen LogP contribution in [0.4, 0.5) is 11.4 Å². The molecule has 0 fully saturated rings. The minimum Gasteiger partial charge on any atom is -0.358 e. The summed E-state index contributed by atoms with van der Waals surface area (Å²) in [5.74, 6) is 0. The van der Waals surface area contributed by atoms with Gasteiger partial charge in [-0.05, 0) is 62.7 Å². The zero-order chi connectivity index (χ0) is 32.1. The summed E-state index contributed by atoms with van der Waals surface area (Å²) in [4.78, 5) is 11.0. The fourth-order valence-corrected chi connectivity index (χ4v) is 6.36. The third-order valence-electron chi connectivity index (χ3n) is 9.00. The van der Waals surface area contributed by atoms with Crippen LogP contribution in [0.1, 0.15) is 63.8 Å². The van der Waals surface area contributed by atoms with Crippen molar-refractivity contribution in [3.8, 4) is 22.3 Å². The first-order valence-electron chi connectivity index (χ1n) is 16.2. The second-order valence-electron chi connectivity index (χ2n) is 14.3. The molecule has 0 aliphatic heterocycles. The maximum atomic E-state index is 5.52. The van der Waals surface area contributed by atoms with Crippen molar-refractivity contribution in [2.75, 3.05) is 0 Å². The molecule has 0 heterocycles. The molecule has 0 N–H and O–H groups in total. The van der Waals surface area contributed by atoms with E-state index in [0.717, 1.165) is 56.2 Å². The molecule has 2 nitrogen and oxygen atoms in total. The molecule has 6 aromatic carbocycles. The molecule has 0 atom stereocenters. The SMILES string of the molecule is CC(C)(C)c1ccc(N=C2C(=Nc3ccc(C(C)(C)C)cc3-c3ccccc3)c3cccc4cccc2c34)c(-c2ccccc2)c1.[CH3-].[Ni]. The van der Waals surface area contributed by atoms with Gasteiger partial charge in [0.25, 0.3) is 0 Å². The molecule has 0 saturated carbocycles. The fourth-order valence-electron chi connectivity index (χ4n) is 6.36. The smallest absolute Gasteiger partial charge is 0.0979 e. The standard InChI is InChI=1S/C44H40N2.CH3.Ni/c1-43(2,3)32-23-25-38(36(27-32)29-15-9-7-10-16-29)45-41-34-21-13-19-31-20-14-22-35(40(31)34)42(41)46-39-26-24-33(44(4,5)6)28-37(39)30-17-11-8-12-18-30;;/h7-28H,1-6H3;1H3;/q;-1;. The molecule has 1 aliphatic carbocycles. The molecule has 3 heteroatoms. The molecule has 0 saturated heterocycles. The molecule has 0 radical (unpaired) electrons. The summed E-state index contributed by atoms with van der Waals surface area (Å²) in [7, 11) is 0. The molecule has 0 spiro atoms. The van der Waals surface area contributed by atoms with Gasteiger partial charge in [0.15, 0.2) is 0 Å². The summed E-state index contributed by atoms with van der Waals surface area (Å²) in [5, 5.41) is 2.41. The van der Waals surface area contributed by atoms with Crippen molar-refractivity contribution in [3.63, 3.8) is 0 Å². The Bertz CT molecular complexity index is 1990. The Hall–Kier alpha value is -4.59. The Morgan fingerprint density at radius 2 is 0.812 bits per heavy atom. The van der Waals surface area contributed by atoms with E-state index in [9.17, 15) is 0 Å². The first-order chi connectivity index (χ1) is 22.1. The van der Waals surface area contributed by atoms with Crippen molar-refractivity contribution in [1.82, 2.24) is 0 Å². The van der Waals surface area contributed by atoms with E-state index >= 15 is 0 Å². The van der Waals surface area contributed by atoms with Gasteiger partial charge in [-0.3, -0.25) is 0 Å². The molecule has 0 bridgehead atoms. The van der Waals surface area contributed by atoms with Crippen LogP contribution < -0.4 is 0 Å². The van der Waals surface area contributed by atoms with Crippen LogP contribution in [0.5, 0.6) is 0 Å². The first kappa shape index (κ1) is 34.7. The molecule has 244 valence electrons. The van der Waals surface area contributed by atoms with E-state index in [2.05, 4.69) is 175 Å². The summed E-state index contributed by atoms with van der Waals surface area (Å²) in [6, 6.07) is 47.7. The quantitative estimate of drug-likeness (QED) is 0.132. The summed E-state index contributed by atoms with van der Waals surface area (Å²) in [5.41, 5.74) is 13.1. The number of nitrogens with zero attached hydrogens (tertiary/aromatic N) is 2. The van der Waals surface area contributed by atoms with Gasteiger partial charge < -0.3 is 7.43 Å². The van der Waals surface area contributed by atoms with E-state index in [1.165, 1.54) is 21.9 Å². The Morgan fingerprint density at radius 3 is 1.19 bits per heavy atom. The van der Waals surface area contributed by atoms with Crippen molar-refractivity contribution in [2.24, 2.45) is 9.98 Å². The van der Waals surface area contributed by atoms with Crippen LogP contribution in [0.25, 0.3) is 33.0 Å². The van der Waals surface area contributed by atoms with Crippen LogP contribution in [0.3, 0.4) is 0 Å². The van der Waals surface area contributed by atoms with Crippen LogP contribution >= 0.6 is 0 Å². The number of benzene rings is 6. The normalized spacial score (nSPS) is 14.2. The van der Waals surface area contributed by atoms with Gasteiger partial charge in [0.05, 0.1) is 22.8 Å². The minimum absolute atomic E-state index is 0. The largest absolute Gasteiger partial charge is 0.358 e. The van der Waals surface area contributed by atoms with Crippen LogP contribution in [0.2, 0.25) is 0 Å². The number of aliphatic imine (C=N–C) groups is 2. The molecule has 0 unspecified atom stereocenters. The molecule has 1 aliphatic rings. The van der Waals surface area contributed by atoms with Crippen molar-refractivity contribution in [1.29, 1.82) is 0 Å². The summed E-state index contributed by atoms with van der Waals surface area (Å²) in [6.45, 7) is 13.6. The van der Waals surface area contributed by atoms with Gasteiger partial charge in [-0.1, -0.05) is 151 Å². The maximum Gasteiger partial charge on any atom is 0.0979 e. The van der Waals surface area contributed by atoms with E-state index in [1.54, 1.807) is 0 Å². The monoisotopic (exact) mass is 669 g/mol. The van der Waals surface area contributed by atoms with Gasteiger partial charge in [0.2, 0.25) is 0 Å². The summed E-state index contributed by atoms with van der Waals surface area (Å²) >= 11 is 0. The molecular weight excluding hydrogens is 627 g/mol. The zero-order valence-corrected chi connectivity index (χ0v) is 29.9. The van der Waals surface area contributed by atoms with E-state index < -0.39 is 0 Å². The van der Waals surface area contributed by atoms with Crippen LogP contribution in [-0.2, 0) is 27.3 Å². The molecule has 0 aromatic heterocycles. The minimum atomic E-state index is 0.